The molecule has 2 fully saturated rings. The predicted octanol–water partition coefficient (Wildman–Crippen LogP) is 4.65. The number of nitrogens with one attached hydrogen (secondary N) is 2. The number of hydrogen-bond donors (Lipinski definition) is 2. The van der Waals surface area contributed by atoms with Gasteiger partial charge in [-0.3, -0.25) is 4.79 Å². The molecule has 3 amide bonds. The molecular weight excluding hydrogens is 454 g/mol. The lowest BCUT2D eigenvalue weighted by Crippen LogP contribution is -2.45. The van der Waals surface area contributed by atoms with Gasteiger partial charge in [0.05, 0.1) is 12.9 Å². The summed E-state index contributed by atoms with van der Waals surface area (Å²) in [6.07, 6.45) is 14.8. The topological polar surface area (TPSA) is 79.9 Å². The van der Waals surface area contributed by atoms with Gasteiger partial charge in [-0.15, -0.1) is 12.8 Å². The van der Waals surface area contributed by atoms with Crippen LogP contribution in [-0.2, 0) is 16.1 Å². The third-order valence-corrected chi connectivity index (χ3v) is 7.21. The first kappa shape index (κ1) is 28.8. The van der Waals surface area contributed by atoms with Gasteiger partial charge in [0.1, 0.15) is 5.75 Å². The molecule has 7 nitrogen and oxygen atoms in total. The summed E-state index contributed by atoms with van der Waals surface area (Å²) in [6, 6.07) is 7.68. The molecule has 1 saturated heterocycles. The summed E-state index contributed by atoms with van der Waals surface area (Å²) in [5, 5.41) is 6.04. The first-order chi connectivity index (χ1) is 17.4. The van der Waals surface area contributed by atoms with Gasteiger partial charge in [0.2, 0.25) is 0 Å². The Morgan fingerprint density at radius 3 is 2.56 bits per heavy atom. The minimum Gasteiger partial charge on any atom is -0.496 e. The molecule has 0 aromatic heterocycles. The van der Waals surface area contributed by atoms with Crippen molar-refractivity contribution in [3.63, 3.8) is 0 Å². The molecule has 1 atom stereocenters. The van der Waals surface area contributed by atoms with Crippen LogP contribution in [0.1, 0.15) is 51.5 Å². The second-order valence-corrected chi connectivity index (χ2v) is 9.35. The number of methoxy groups -OCH3 is 1. The maximum absolute atomic E-state index is 12.6. The van der Waals surface area contributed by atoms with Crippen LogP contribution in [0.5, 0.6) is 5.75 Å². The number of rotatable bonds is 11. The zero-order chi connectivity index (χ0) is 26.6. The van der Waals surface area contributed by atoms with Gasteiger partial charge >= 0.3 is 6.03 Å². The van der Waals surface area contributed by atoms with Crippen molar-refractivity contribution in [1.29, 1.82) is 0 Å². The maximum atomic E-state index is 12.6. The van der Waals surface area contributed by atoms with E-state index < -0.39 is 0 Å². The third-order valence-electron chi connectivity index (χ3n) is 7.21. The highest BCUT2D eigenvalue weighted by Crippen LogP contribution is 2.59. The van der Waals surface area contributed by atoms with E-state index in [1.54, 1.807) is 13.2 Å². The Morgan fingerprint density at radius 1 is 1.22 bits per heavy atom. The quantitative estimate of drug-likeness (QED) is 0.266. The van der Waals surface area contributed by atoms with E-state index in [1.165, 1.54) is 0 Å². The Labute approximate surface area is 216 Å². The van der Waals surface area contributed by atoms with E-state index in [0.717, 1.165) is 67.8 Å². The summed E-state index contributed by atoms with van der Waals surface area (Å²) in [4.78, 5) is 26.8. The standard InChI is InChI=1S/C27H39N3O4.C2H2/c1-5-9-21(6-2)20(3)34-19-25(31)28-18-23-16-27(23)12-14-30(15-13-27)26(32)29-17-22-10-7-8-11-24(22)33-4;1-2/h6-8,10-11,23H,2,5,9,12-19H2,1,3-4H3,(H,28,31)(H,29,32);1-2H/b21-20+;. The monoisotopic (exact) mass is 495 g/mol. The van der Waals surface area contributed by atoms with Crippen molar-refractivity contribution >= 4 is 11.9 Å². The molecule has 2 N–H and O–H groups in total. The number of likely N-dealkylation sites (tertiary alicyclic amines) is 1. The van der Waals surface area contributed by atoms with Crippen molar-refractivity contribution in [3.05, 3.63) is 53.8 Å². The van der Waals surface area contributed by atoms with E-state index in [-0.39, 0.29) is 24.0 Å². The summed E-state index contributed by atoms with van der Waals surface area (Å²) >= 11 is 0. The number of urea groups is 1. The van der Waals surface area contributed by atoms with Gasteiger partial charge in [-0.05, 0) is 55.6 Å². The maximum Gasteiger partial charge on any atom is 0.317 e. The van der Waals surface area contributed by atoms with Crippen LogP contribution in [0.3, 0.4) is 0 Å². The fraction of sp³-hybridized carbons (Fsp3) is 0.517. The zero-order valence-corrected chi connectivity index (χ0v) is 22.0. The molecule has 7 heteroatoms. The SMILES string of the molecule is C#C.C=C/C(CCC)=C(/C)OCC(=O)NCC1CC12CCN(C(=O)NCc1ccccc1OC)CC2. The summed E-state index contributed by atoms with van der Waals surface area (Å²) < 4.78 is 11.0. The van der Waals surface area contributed by atoms with E-state index in [2.05, 4.69) is 37.0 Å². The number of piperidine rings is 1. The first-order valence-electron chi connectivity index (χ1n) is 12.6. The summed E-state index contributed by atoms with van der Waals surface area (Å²) in [5.41, 5.74) is 2.28. The second-order valence-electron chi connectivity index (χ2n) is 9.35. The normalized spacial score (nSPS) is 18.1. The fourth-order valence-corrected chi connectivity index (χ4v) is 4.87. The van der Waals surface area contributed by atoms with Crippen molar-refractivity contribution in [2.45, 2.75) is 52.5 Å². The molecule has 1 aromatic carbocycles. The summed E-state index contributed by atoms with van der Waals surface area (Å²) in [5.74, 6) is 1.94. The van der Waals surface area contributed by atoms with Gasteiger partial charge in [-0.2, -0.15) is 0 Å². The summed E-state index contributed by atoms with van der Waals surface area (Å²) in [6.45, 7) is 10.5. The lowest BCUT2D eigenvalue weighted by molar-refractivity contribution is -0.124. The van der Waals surface area contributed by atoms with Crippen LogP contribution in [0.15, 0.2) is 48.3 Å². The third kappa shape index (κ3) is 7.81. The highest BCUT2D eigenvalue weighted by atomic mass is 16.5. The molecule has 2 aliphatic rings. The Balaban J connectivity index is 0.00000222. The van der Waals surface area contributed by atoms with Gasteiger partial charge in [0, 0.05) is 31.7 Å². The molecule has 196 valence electrons. The molecule has 0 radical (unpaired) electrons. The van der Waals surface area contributed by atoms with Gasteiger partial charge in [0.15, 0.2) is 6.61 Å². The smallest absolute Gasteiger partial charge is 0.317 e. The molecule has 3 rings (SSSR count). The van der Waals surface area contributed by atoms with Crippen molar-refractivity contribution < 1.29 is 19.1 Å². The Hall–Kier alpha value is -3.40. The Kier molecular flexibility index (Phi) is 11.4. The lowest BCUT2D eigenvalue weighted by Gasteiger charge is -2.33. The molecule has 36 heavy (non-hydrogen) atoms. The number of carbonyl (C=O) groups is 2. The molecule has 1 aromatic rings. The van der Waals surface area contributed by atoms with E-state index in [4.69, 9.17) is 9.47 Å². The van der Waals surface area contributed by atoms with Crippen molar-refractivity contribution in [2.75, 3.05) is 33.4 Å². The van der Waals surface area contributed by atoms with Crippen LogP contribution in [0.4, 0.5) is 4.79 Å². The van der Waals surface area contributed by atoms with E-state index in [0.29, 0.717) is 19.0 Å². The first-order valence-corrected chi connectivity index (χ1v) is 12.6. The molecule has 1 aliphatic heterocycles. The highest BCUT2D eigenvalue weighted by molar-refractivity contribution is 5.77. The van der Waals surface area contributed by atoms with E-state index in [1.807, 2.05) is 36.1 Å². The number of ether oxygens (including phenoxy) is 2. The molecule has 1 heterocycles. The van der Waals surface area contributed by atoms with Crippen LogP contribution in [0, 0.1) is 24.2 Å². The van der Waals surface area contributed by atoms with Gasteiger partial charge in [-0.1, -0.05) is 44.2 Å². The molecule has 1 aliphatic carbocycles. The van der Waals surface area contributed by atoms with Crippen LogP contribution in [0.25, 0.3) is 0 Å². The highest BCUT2D eigenvalue weighted by Gasteiger charge is 2.54. The number of nitrogens with zero attached hydrogens (tertiary/aromatic N) is 1. The van der Waals surface area contributed by atoms with Crippen LogP contribution in [-0.4, -0.2) is 50.2 Å². The van der Waals surface area contributed by atoms with Crippen LogP contribution >= 0.6 is 0 Å². The largest absolute Gasteiger partial charge is 0.496 e. The average molecular weight is 496 g/mol. The van der Waals surface area contributed by atoms with Crippen molar-refractivity contribution in [1.82, 2.24) is 15.5 Å². The number of para-hydroxylation sites is 1. The zero-order valence-electron chi connectivity index (χ0n) is 22.0. The Morgan fingerprint density at radius 2 is 1.92 bits per heavy atom. The van der Waals surface area contributed by atoms with Gasteiger partial charge in [-0.25, -0.2) is 4.79 Å². The van der Waals surface area contributed by atoms with Crippen molar-refractivity contribution in [2.24, 2.45) is 11.3 Å². The molecule has 1 spiro atoms. The van der Waals surface area contributed by atoms with Crippen molar-refractivity contribution in [3.8, 4) is 18.6 Å². The Bertz CT molecular complexity index is 945. The number of allylic oxidation sites excluding steroid dienone is 3. The van der Waals surface area contributed by atoms with Gasteiger partial charge in [0.25, 0.3) is 5.91 Å². The number of carbonyl (C=O) groups excluding carboxylic acids is 2. The minimum atomic E-state index is -0.0885. The summed E-state index contributed by atoms with van der Waals surface area (Å²) in [7, 11) is 1.64. The van der Waals surface area contributed by atoms with E-state index in [9.17, 15) is 9.59 Å². The molecule has 1 saturated carbocycles. The van der Waals surface area contributed by atoms with Gasteiger partial charge < -0.3 is 25.0 Å². The van der Waals surface area contributed by atoms with Crippen LogP contribution < -0.4 is 15.4 Å². The number of hydrogen-bond acceptors (Lipinski definition) is 4. The van der Waals surface area contributed by atoms with E-state index >= 15 is 0 Å². The molecule has 1 unspecified atom stereocenters. The lowest BCUT2D eigenvalue weighted by atomic mass is 9.91. The average Bonchev–Trinajstić information content (AvgIpc) is 3.60. The number of amides is 3. The number of terminal acetylenes is 1. The molecule has 0 bridgehead atoms. The fourth-order valence-electron chi connectivity index (χ4n) is 4.87. The minimum absolute atomic E-state index is 0.0335. The van der Waals surface area contributed by atoms with Crippen LogP contribution in [0.2, 0.25) is 0 Å². The second kappa shape index (κ2) is 14.2. The molecular formula is C29H41N3O4. The predicted molar refractivity (Wildman–Crippen MR) is 143 cm³/mol. The number of benzene rings is 1.